The van der Waals surface area contributed by atoms with Crippen LogP contribution in [0, 0.1) is 11.3 Å². The van der Waals surface area contributed by atoms with E-state index in [1.807, 2.05) is 60.7 Å². The van der Waals surface area contributed by atoms with Gasteiger partial charge in [0.15, 0.2) is 0 Å². The molecular formula is C20H17N3O2. The molecule has 0 saturated carbocycles. The fourth-order valence-corrected chi connectivity index (χ4v) is 2.98. The van der Waals surface area contributed by atoms with Gasteiger partial charge in [0.1, 0.15) is 6.04 Å². The monoisotopic (exact) mass is 331 g/mol. The van der Waals surface area contributed by atoms with Gasteiger partial charge in [0.2, 0.25) is 5.91 Å². The molecule has 2 amide bonds. The number of nitrogens with two attached hydrogens (primary N) is 1. The molecule has 5 nitrogen and oxygen atoms in total. The summed E-state index contributed by atoms with van der Waals surface area (Å²) in [6.45, 7) is 0. The van der Waals surface area contributed by atoms with Gasteiger partial charge < -0.3 is 11.1 Å². The highest BCUT2D eigenvalue weighted by atomic mass is 16.2. The van der Waals surface area contributed by atoms with Gasteiger partial charge in [0, 0.05) is 6.42 Å². The fraction of sp³-hybridized carbons (Fsp3) is 0.150. The SMILES string of the molecule is N#CCC[C@@H](NC(=O)c1c2ccccc2cc2ccccc12)C(N)=O. The van der Waals surface area contributed by atoms with Crippen molar-refractivity contribution in [2.45, 2.75) is 18.9 Å². The molecule has 3 rings (SSSR count). The lowest BCUT2D eigenvalue weighted by atomic mass is 9.96. The van der Waals surface area contributed by atoms with Crippen LogP contribution in [0.15, 0.2) is 54.6 Å². The molecule has 0 spiro atoms. The minimum absolute atomic E-state index is 0.143. The molecule has 0 radical (unpaired) electrons. The van der Waals surface area contributed by atoms with Gasteiger partial charge in [-0.25, -0.2) is 0 Å². The summed E-state index contributed by atoms with van der Waals surface area (Å²) in [4.78, 5) is 24.5. The Morgan fingerprint density at radius 3 is 2.12 bits per heavy atom. The van der Waals surface area contributed by atoms with Crippen LogP contribution in [-0.4, -0.2) is 17.9 Å². The van der Waals surface area contributed by atoms with Gasteiger partial charge >= 0.3 is 0 Å². The number of rotatable bonds is 5. The number of amides is 2. The van der Waals surface area contributed by atoms with Crippen LogP contribution in [0.2, 0.25) is 0 Å². The summed E-state index contributed by atoms with van der Waals surface area (Å²) in [6, 6.07) is 18.3. The summed E-state index contributed by atoms with van der Waals surface area (Å²) >= 11 is 0. The highest BCUT2D eigenvalue weighted by Gasteiger charge is 2.21. The Hall–Kier alpha value is -3.39. The molecule has 25 heavy (non-hydrogen) atoms. The highest BCUT2D eigenvalue weighted by Crippen LogP contribution is 2.28. The summed E-state index contributed by atoms with van der Waals surface area (Å²) < 4.78 is 0. The summed E-state index contributed by atoms with van der Waals surface area (Å²) in [5, 5.41) is 14.9. The fourth-order valence-electron chi connectivity index (χ4n) is 2.98. The van der Waals surface area contributed by atoms with Crippen molar-refractivity contribution in [1.29, 1.82) is 5.26 Å². The third-order valence-corrected chi connectivity index (χ3v) is 4.19. The van der Waals surface area contributed by atoms with Crippen molar-refractivity contribution in [3.8, 4) is 6.07 Å². The Labute approximate surface area is 145 Å². The van der Waals surface area contributed by atoms with E-state index in [2.05, 4.69) is 5.32 Å². The van der Waals surface area contributed by atoms with Gasteiger partial charge in [-0.2, -0.15) is 5.26 Å². The summed E-state index contributed by atoms with van der Waals surface area (Å²) in [5.74, 6) is -1.01. The molecule has 0 unspecified atom stereocenters. The van der Waals surface area contributed by atoms with Gasteiger partial charge in [0.05, 0.1) is 11.6 Å². The maximum atomic E-state index is 12.9. The van der Waals surface area contributed by atoms with Gasteiger partial charge in [0.25, 0.3) is 5.91 Å². The molecule has 5 heteroatoms. The first-order valence-electron chi connectivity index (χ1n) is 7.99. The van der Waals surface area contributed by atoms with Crippen LogP contribution in [-0.2, 0) is 4.79 Å². The second-order valence-electron chi connectivity index (χ2n) is 5.82. The van der Waals surface area contributed by atoms with Crippen LogP contribution in [0.3, 0.4) is 0 Å². The van der Waals surface area contributed by atoms with Gasteiger partial charge in [-0.3, -0.25) is 9.59 Å². The standard InChI is InChI=1S/C20H17N3O2/c21-11-5-10-17(19(22)24)23-20(25)18-15-8-3-1-6-13(15)12-14-7-2-4-9-16(14)18/h1-4,6-9,12,17H,5,10H2,(H2,22,24)(H,23,25)/t17-/m1/s1. The van der Waals surface area contributed by atoms with E-state index in [9.17, 15) is 9.59 Å². The molecule has 0 heterocycles. The van der Waals surface area contributed by atoms with E-state index in [0.717, 1.165) is 21.5 Å². The van der Waals surface area contributed by atoms with Crippen LogP contribution in [0.1, 0.15) is 23.2 Å². The predicted octanol–water partition coefficient (Wildman–Crippen LogP) is 2.88. The molecule has 1 atom stereocenters. The Kier molecular flexibility index (Phi) is 4.62. The van der Waals surface area contributed by atoms with E-state index in [0.29, 0.717) is 5.56 Å². The van der Waals surface area contributed by atoms with Crippen molar-refractivity contribution < 1.29 is 9.59 Å². The van der Waals surface area contributed by atoms with E-state index < -0.39 is 11.9 Å². The van der Waals surface area contributed by atoms with Crippen molar-refractivity contribution in [2.24, 2.45) is 5.73 Å². The van der Waals surface area contributed by atoms with Crippen molar-refractivity contribution in [3.05, 3.63) is 60.2 Å². The minimum Gasteiger partial charge on any atom is -0.368 e. The average Bonchev–Trinajstić information content (AvgIpc) is 2.62. The second-order valence-corrected chi connectivity index (χ2v) is 5.82. The summed E-state index contributed by atoms with van der Waals surface area (Å²) in [6.07, 6.45) is 0.338. The van der Waals surface area contributed by atoms with Crippen LogP contribution < -0.4 is 11.1 Å². The summed E-state index contributed by atoms with van der Waals surface area (Å²) in [5.41, 5.74) is 5.88. The first-order valence-corrected chi connectivity index (χ1v) is 7.99. The lowest BCUT2D eigenvalue weighted by Gasteiger charge is -2.16. The first-order chi connectivity index (χ1) is 12.1. The zero-order chi connectivity index (χ0) is 17.8. The molecule has 0 aliphatic carbocycles. The normalized spacial score (nSPS) is 11.8. The number of carbonyl (C=O) groups excluding carboxylic acids is 2. The van der Waals surface area contributed by atoms with E-state index in [1.165, 1.54) is 0 Å². The maximum absolute atomic E-state index is 12.9. The zero-order valence-corrected chi connectivity index (χ0v) is 13.5. The van der Waals surface area contributed by atoms with E-state index in [1.54, 1.807) is 0 Å². The van der Waals surface area contributed by atoms with Crippen molar-refractivity contribution >= 4 is 33.4 Å². The van der Waals surface area contributed by atoms with E-state index in [4.69, 9.17) is 11.0 Å². The minimum atomic E-state index is -0.870. The Morgan fingerprint density at radius 2 is 1.60 bits per heavy atom. The lowest BCUT2D eigenvalue weighted by molar-refractivity contribution is -0.119. The third-order valence-electron chi connectivity index (χ3n) is 4.19. The molecule has 124 valence electrons. The quantitative estimate of drug-likeness (QED) is 0.704. The lowest BCUT2D eigenvalue weighted by Crippen LogP contribution is -2.44. The van der Waals surface area contributed by atoms with Crippen molar-refractivity contribution in [2.75, 3.05) is 0 Å². The molecule has 0 aromatic heterocycles. The first kappa shape index (κ1) is 16.5. The second kappa shape index (κ2) is 7.02. The molecule has 0 aliphatic rings. The number of nitriles is 1. The van der Waals surface area contributed by atoms with Crippen LogP contribution in [0.5, 0.6) is 0 Å². The molecule has 3 aromatic carbocycles. The van der Waals surface area contributed by atoms with Gasteiger partial charge in [-0.1, -0.05) is 48.5 Å². The smallest absolute Gasteiger partial charge is 0.253 e. The predicted molar refractivity (Wildman–Crippen MR) is 96.7 cm³/mol. The van der Waals surface area contributed by atoms with Crippen molar-refractivity contribution in [1.82, 2.24) is 5.32 Å². The number of benzene rings is 3. The van der Waals surface area contributed by atoms with Crippen molar-refractivity contribution in [3.63, 3.8) is 0 Å². The van der Waals surface area contributed by atoms with Gasteiger partial charge in [-0.05, 0) is 34.0 Å². The Balaban J connectivity index is 2.10. The molecule has 0 saturated heterocycles. The topological polar surface area (TPSA) is 96.0 Å². The number of nitrogens with one attached hydrogen (secondary N) is 1. The average molecular weight is 331 g/mol. The zero-order valence-electron chi connectivity index (χ0n) is 13.5. The Morgan fingerprint density at radius 1 is 1.04 bits per heavy atom. The molecule has 0 bridgehead atoms. The van der Waals surface area contributed by atoms with Crippen LogP contribution >= 0.6 is 0 Å². The van der Waals surface area contributed by atoms with Crippen LogP contribution in [0.4, 0.5) is 0 Å². The maximum Gasteiger partial charge on any atom is 0.253 e. The number of nitrogens with zero attached hydrogens (tertiary/aromatic N) is 1. The number of fused-ring (bicyclic) bond motifs is 2. The Bertz CT molecular complexity index is 951. The molecule has 3 aromatic rings. The molecule has 0 aliphatic heterocycles. The number of primary amides is 1. The molecule has 3 N–H and O–H groups in total. The number of carbonyl (C=O) groups is 2. The highest BCUT2D eigenvalue weighted by molar-refractivity contribution is 6.18. The third kappa shape index (κ3) is 3.29. The number of hydrogen-bond acceptors (Lipinski definition) is 3. The largest absolute Gasteiger partial charge is 0.368 e. The van der Waals surface area contributed by atoms with Crippen LogP contribution in [0.25, 0.3) is 21.5 Å². The summed E-state index contributed by atoms with van der Waals surface area (Å²) in [7, 11) is 0. The molecule has 0 fully saturated rings. The van der Waals surface area contributed by atoms with E-state index >= 15 is 0 Å². The number of hydrogen-bond donors (Lipinski definition) is 2. The molecular weight excluding hydrogens is 314 g/mol. The van der Waals surface area contributed by atoms with Gasteiger partial charge in [-0.15, -0.1) is 0 Å². The van der Waals surface area contributed by atoms with E-state index in [-0.39, 0.29) is 18.7 Å².